The van der Waals surface area contributed by atoms with Gasteiger partial charge in [0.1, 0.15) is 0 Å². The van der Waals surface area contributed by atoms with E-state index in [1.54, 1.807) is 4.90 Å². The topological polar surface area (TPSA) is 49.4 Å². The van der Waals surface area contributed by atoms with Crippen molar-refractivity contribution in [1.82, 2.24) is 10.2 Å². The molecule has 1 aliphatic rings. The molecule has 0 saturated carbocycles. The second-order valence-corrected chi connectivity index (χ2v) is 5.80. The lowest BCUT2D eigenvalue weighted by atomic mass is 9.80. The fraction of sp³-hybridized carbons (Fsp3) is 0.867. The number of amides is 2. The van der Waals surface area contributed by atoms with E-state index in [4.69, 9.17) is 0 Å². The number of rotatable bonds is 7. The van der Waals surface area contributed by atoms with Crippen LogP contribution in [-0.4, -0.2) is 36.3 Å². The first-order chi connectivity index (χ1) is 9.03. The fourth-order valence-corrected chi connectivity index (χ4v) is 2.57. The summed E-state index contributed by atoms with van der Waals surface area (Å²) >= 11 is 0. The van der Waals surface area contributed by atoms with Crippen molar-refractivity contribution in [2.24, 2.45) is 5.41 Å². The lowest BCUT2D eigenvalue weighted by molar-refractivity contribution is -0.146. The number of hydrogen-bond acceptors (Lipinski definition) is 2. The van der Waals surface area contributed by atoms with Gasteiger partial charge in [-0.3, -0.25) is 9.59 Å². The van der Waals surface area contributed by atoms with Crippen LogP contribution in [0, 0.1) is 5.41 Å². The normalized spacial score (nSPS) is 18.9. The zero-order chi connectivity index (χ0) is 14.3. The van der Waals surface area contributed by atoms with Crippen LogP contribution in [0.3, 0.4) is 0 Å². The third-order valence-electron chi connectivity index (χ3n) is 4.20. The zero-order valence-electron chi connectivity index (χ0n) is 12.6. The molecule has 2 amide bonds. The number of carbonyl (C=O) groups excluding carboxylic acids is 2. The molecule has 1 N–H and O–H groups in total. The Kier molecular flexibility index (Phi) is 6.32. The molecule has 1 unspecified atom stereocenters. The molecule has 110 valence electrons. The molecular formula is C15H28N2O2. The number of nitrogens with one attached hydrogen (secondary N) is 1. The van der Waals surface area contributed by atoms with E-state index < -0.39 is 0 Å². The van der Waals surface area contributed by atoms with Crippen molar-refractivity contribution in [1.29, 1.82) is 0 Å². The first-order valence-electron chi connectivity index (χ1n) is 7.59. The molecule has 1 atom stereocenters. The maximum atomic E-state index is 12.6. The van der Waals surface area contributed by atoms with Crippen molar-refractivity contribution in [3.05, 3.63) is 0 Å². The van der Waals surface area contributed by atoms with E-state index in [0.717, 1.165) is 19.3 Å². The van der Waals surface area contributed by atoms with Gasteiger partial charge in [-0.2, -0.15) is 0 Å². The summed E-state index contributed by atoms with van der Waals surface area (Å²) in [5, 5.41) is 2.76. The molecule has 4 heteroatoms. The van der Waals surface area contributed by atoms with Gasteiger partial charge < -0.3 is 10.2 Å². The monoisotopic (exact) mass is 268 g/mol. The van der Waals surface area contributed by atoms with Gasteiger partial charge >= 0.3 is 0 Å². The lowest BCUT2D eigenvalue weighted by Gasteiger charge is -2.35. The molecule has 19 heavy (non-hydrogen) atoms. The van der Waals surface area contributed by atoms with Crippen LogP contribution in [0.1, 0.15) is 59.3 Å². The van der Waals surface area contributed by atoms with Gasteiger partial charge in [0.2, 0.25) is 11.8 Å². The van der Waals surface area contributed by atoms with Gasteiger partial charge in [0, 0.05) is 18.5 Å². The lowest BCUT2D eigenvalue weighted by Crippen LogP contribution is -2.53. The average Bonchev–Trinajstić information content (AvgIpc) is 2.42. The van der Waals surface area contributed by atoms with Gasteiger partial charge in [0.05, 0.1) is 6.54 Å². The average molecular weight is 268 g/mol. The fourth-order valence-electron chi connectivity index (χ4n) is 2.57. The van der Waals surface area contributed by atoms with E-state index in [2.05, 4.69) is 19.2 Å². The number of carbonyl (C=O) groups is 2. The van der Waals surface area contributed by atoms with E-state index in [1.165, 1.54) is 19.3 Å². The van der Waals surface area contributed by atoms with Crippen molar-refractivity contribution >= 4 is 11.8 Å². The predicted octanol–water partition coefficient (Wildman–Crippen LogP) is 2.33. The molecule has 1 heterocycles. The largest absolute Gasteiger partial charge is 0.353 e. The van der Waals surface area contributed by atoms with Crippen LogP contribution in [-0.2, 0) is 9.59 Å². The smallest absolute Gasteiger partial charge is 0.239 e. The minimum Gasteiger partial charge on any atom is -0.353 e. The van der Waals surface area contributed by atoms with E-state index in [0.29, 0.717) is 13.1 Å². The summed E-state index contributed by atoms with van der Waals surface area (Å²) in [5.74, 6) is 0.116. The van der Waals surface area contributed by atoms with Crippen LogP contribution in [0.25, 0.3) is 0 Å². The zero-order valence-corrected chi connectivity index (χ0v) is 12.6. The van der Waals surface area contributed by atoms with Crippen molar-refractivity contribution in [2.45, 2.75) is 59.3 Å². The van der Waals surface area contributed by atoms with Gasteiger partial charge in [-0.25, -0.2) is 0 Å². The SMILES string of the molecule is CCCCCCC(C)(CC)C(=O)N1CCNC(=O)C1. The summed E-state index contributed by atoms with van der Waals surface area (Å²) in [7, 11) is 0. The first kappa shape index (κ1) is 16.0. The second kappa shape index (κ2) is 7.51. The number of unbranched alkanes of at least 4 members (excludes halogenated alkanes) is 3. The summed E-state index contributed by atoms with van der Waals surface area (Å²) < 4.78 is 0. The molecule has 0 aromatic heterocycles. The van der Waals surface area contributed by atoms with E-state index in [-0.39, 0.29) is 23.8 Å². The van der Waals surface area contributed by atoms with Crippen molar-refractivity contribution in [2.75, 3.05) is 19.6 Å². The molecule has 0 spiro atoms. The van der Waals surface area contributed by atoms with Crippen LogP contribution >= 0.6 is 0 Å². The van der Waals surface area contributed by atoms with Gasteiger partial charge in [0.15, 0.2) is 0 Å². The van der Waals surface area contributed by atoms with Crippen LogP contribution < -0.4 is 5.32 Å². The molecule has 1 fully saturated rings. The number of piperazine rings is 1. The Hall–Kier alpha value is -1.06. The Morgan fingerprint density at radius 3 is 2.63 bits per heavy atom. The highest BCUT2D eigenvalue weighted by Gasteiger charge is 2.36. The molecule has 4 nitrogen and oxygen atoms in total. The molecule has 0 aromatic rings. The van der Waals surface area contributed by atoms with E-state index in [1.807, 2.05) is 6.92 Å². The summed E-state index contributed by atoms with van der Waals surface area (Å²) in [6.45, 7) is 7.77. The summed E-state index contributed by atoms with van der Waals surface area (Å²) in [6, 6.07) is 0. The van der Waals surface area contributed by atoms with Gasteiger partial charge in [-0.05, 0) is 12.8 Å². The first-order valence-corrected chi connectivity index (χ1v) is 7.59. The molecule has 1 rings (SSSR count). The van der Waals surface area contributed by atoms with Crippen molar-refractivity contribution in [3.63, 3.8) is 0 Å². The molecule has 0 aromatic carbocycles. The molecule has 1 saturated heterocycles. The van der Waals surface area contributed by atoms with Gasteiger partial charge in [0.25, 0.3) is 0 Å². The minimum absolute atomic E-state index is 0.0379. The van der Waals surface area contributed by atoms with Gasteiger partial charge in [-0.15, -0.1) is 0 Å². The van der Waals surface area contributed by atoms with E-state index in [9.17, 15) is 9.59 Å². The Bertz CT molecular complexity index is 317. The summed E-state index contributed by atoms with van der Waals surface area (Å²) in [5.41, 5.74) is -0.300. The van der Waals surface area contributed by atoms with Crippen molar-refractivity contribution < 1.29 is 9.59 Å². The Morgan fingerprint density at radius 1 is 1.32 bits per heavy atom. The molecule has 0 aliphatic carbocycles. The van der Waals surface area contributed by atoms with Crippen LogP contribution in [0.15, 0.2) is 0 Å². The molecule has 0 radical (unpaired) electrons. The molecular weight excluding hydrogens is 240 g/mol. The van der Waals surface area contributed by atoms with E-state index >= 15 is 0 Å². The Labute approximate surface area is 116 Å². The third kappa shape index (κ3) is 4.51. The highest BCUT2D eigenvalue weighted by Crippen LogP contribution is 2.31. The predicted molar refractivity (Wildman–Crippen MR) is 76.7 cm³/mol. The summed E-state index contributed by atoms with van der Waals surface area (Å²) in [6.07, 6.45) is 6.52. The molecule has 0 bridgehead atoms. The number of nitrogens with zero attached hydrogens (tertiary/aromatic N) is 1. The minimum atomic E-state index is -0.300. The third-order valence-corrected chi connectivity index (χ3v) is 4.20. The maximum Gasteiger partial charge on any atom is 0.239 e. The van der Waals surface area contributed by atoms with Crippen molar-refractivity contribution in [3.8, 4) is 0 Å². The number of hydrogen-bond donors (Lipinski definition) is 1. The van der Waals surface area contributed by atoms with Crippen LogP contribution in [0.4, 0.5) is 0 Å². The van der Waals surface area contributed by atoms with Crippen LogP contribution in [0.2, 0.25) is 0 Å². The quantitative estimate of drug-likeness (QED) is 0.720. The highest BCUT2D eigenvalue weighted by atomic mass is 16.2. The summed E-state index contributed by atoms with van der Waals surface area (Å²) in [4.78, 5) is 25.7. The Morgan fingerprint density at radius 2 is 2.05 bits per heavy atom. The second-order valence-electron chi connectivity index (χ2n) is 5.80. The Balaban J connectivity index is 2.55. The standard InChI is InChI=1S/C15H28N2O2/c1-4-6-7-8-9-15(3,5-2)14(19)17-11-10-16-13(18)12-17/h4-12H2,1-3H3,(H,16,18). The van der Waals surface area contributed by atoms with Gasteiger partial charge in [-0.1, -0.05) is 46.5 Å². The maximum absolute atomic E-state index is 12.6. The highest BCUT2D eigenvalue weighted by molar-refractivity contribution is 5.88. The van der Waals surface area contributed by atoms with Crippen LogP contribution in [0.5, 0.6) is 0 Å². The molecule has 1 aliphatic heterocycles.